The number of ether oxygens (including phenoxy) is 2. The molecule has 0 saturated carbocycles. The van der Waals surface area contributed by atoms with Crippen molar-refractivity contribution in [2.75, 3.05) is 7.11 Å². The Balaban J connectivity index is 1.47. The number of nitrogens with zero attached hydrogens (tertiary/aromatic N) is 2. The molecule has 0 saturated heterocycles. The van der Waals surface area contributed by atoms with Crippen LogP contribution in [0.3, 0.4) is 0 Å². The van der Waals surface area contributed by atoms with Crippen molar-refractivity contribution in [2.45, 2.75) is 19.4 Å². The molecule has 1 heterocycles. The number of halogens is 1. The molecule has 0 aliphatic rings. The number of aryl methyl sites for hydroxylation is 1. The first-order valence-corrected chi connectivity index (χ1v) is 8.39. The minimum atomic E-state index is -0.327. The van der Waals surface area contributed by atoms with E-state index in [1.54, 1.807) is 31.4 Å². The molecular formula is C19H17ClN2O4. The van der Waals surface area contributed by atoms with Crippen molar-refractivity contribution in [1.29, 1.82) is 0 Å². The molecule has 6 nitrogen and oxygen atoms in total. The van der Waals surface area contributed by atoms with Crippen molar-refractivity contribution in [3.8, 4) is 17.1 Å². The number of carbonyl (C=O) groups is 1. The number of esters is 1. The molecule has 3 aromatic rings. The van der Waals surface area contributed by atoms with Gasteiger partial charge in [0, 0.05) is 17.0 Å². The summed E-state index contributed by atoms with van der Waals surface area (Å²) in [6.45, 7) is -0.0535. The number of hydrogen-bond acceptors (Lipinski definition) is 6. The number of benzene rings is 2. The number of rotatable bonds is 7. The van der Waals surface area contributed by atoms with E-state index >= 15 is 0 Å². The van der Waals surface area contributed by atoms with E-state index in [2.05, 4.69) is 10.1 Å². The zero-order valence-corrected chi connectivity index (χ0v) is 14.9. The van der Waals surface area contributed by atoms with Crippen LogP contribution in [0.5, 0.6) is 5.75 Å². The molecule has 0 fully saturated rings. The van der Waals surface area contributed by atoms with Gasteiger partial charge in [-0.1, -0.05) is 28.9 Å². The second-order valence-electron chi connectivity index (χ2n) is 5.53. The molecule has 0 spiro atoms. The van der Waals surface area contributed by atoms with Gasteiger partial charge >= 0.3 is 5.97 Å². The molecule has 134 valence electrons. The van der Waals surface area contributed by atoms with E-state index in [1.165, 1.54) is 0 Å². The first kappa shape index (κ1) is 17.9. The lowest BCUT2D eigenvalue weighted by molar-refractivity contribution is -0.145. The van der Waals surface area contributed by atoms with Crippen molar-refractivity contribution >= 4 is 17.6 Å². The van der Waals surface area contributed by atoms with E-state index in [0.717, 1.165) is 16.9 Å². The summed E-state index contributed by atoms with van der Waals surface area (Å²) in [7, 11) is 1.61. The summed E-state index contributed by atoms with van der Waals surface area (Å²) in [6.07, 6.45) is 0.854. The summed E-state index contributed by atoms with van der Waals surface area (Å²) in [5.41, 5.74) is 1.81. The monoisotopic (exact) mass is 372 g/mol. The van der Waals surface area contributed by atoms with Gasteiger partial charge in [0.05, 0.1) is 7.11 Å². The van der Waals surface area contributed by atoms with E-state index in [-0.39, 0.29) is 24.9 Å². The van der Waals surface area contributed by atoms with Gasteiger partial charge in [0.1, 0.15) is 5.75 Å². The molecule has 0 unspecified atom stereocenters. The Kier molecular flexibility index (Phi) is 5.86. The molecule has 7 heteroatoms. The lowest BCUT2D eigenvalue weighted by atomic mass is 10.1. The van der Waals surface area contributed by atoms with Crippen molar-refractivity contribution in [1.82, 2.24) is 10.1 Å². The fourth-order valence-electron chi connectivity index (χ4n) is 2.28. The van der Waals surface area contributed by atoms with Crippen LogP contribution < -0.4 is 4.74 Å². The van der Waals surface area contributed by atoms with Gasteiger partial charge in [-0.05, 0) is 48.4 Å². The third-order valence-electron chi connectivity index (χ3n) is 3.70. The van der Waals surface area contributed by atoms with Gasteiger partial charge in [-0.15, -0.1) is 0 Å². The molecule has 0 aliphatic carbocycles. The molecule has 0 N–H and O–H groups in total. The van der Waals surface area contributed by atoms with Gasteiger partial charge in [-0.3, -0.25) is 4.79 Å². The Bertz CT molecular complexity index is 860. The van der Waals surface area contributed by atoms with Crippen molar-refractivity contribution < 1.29 is 18.8 Å². The first-order valence-electron chi connectivity index (χ1n) is 8.01. The highest BCUT2D eigenvalue weighted by molar-refractivity contribution is 6.30. The minimum absolute atomic E-state index is 0.0535. The van der Waals surface area contributed by atoms with Gasteiger partial charge in [0.25, 0.3) is 5.89 Å². The Morgan fingerprint density at radius 2 is 1.85 bits per heavy atom. The van der Waals surface area contributed by atoms with Gasteiger partial charge < -0.3 is 14.0 Å². The first-order chi connectivity index (χ1) is 12.6. The lowest BCUT2D eigenvalue weighted by Gasteiger charge is -2.04. The highest BCUT2D eigenvalue weighted by Gasteiger charge is 2.11. The van der Waals surface area contributed by atoms with E-state index in [9.17, 15) is 4.79 Å². The van der Waals surface area contributed by atoms with Gasteiger partial charge in [0.15, 0.2) is 6.61 Å². The van der Waals surface area contributed by atoms with Crippen LogP contribution in [0.1, 0.15) is 17.9 Å². The molecule has 0 radical (unpaired) electrons. The Morgan fingerprint density at radius 1 is 1.12 bits per heavy atom. The molecule has 0 bridgehead atoms. The summed E-state index contributed by atoms with van der Waals surface area (Å²) in [4.78, 5) is 16.1. The van der Waals surface area contributed by atoms with Gasteiger partial charge in [-0.25, -0.2) is 0 Å². The van der Waals surface area contributed by atoms with E-state index in [0.29, 0.717) is 17.3 Å². The standard InChI is InChI=1S/C19H17ClN2O4/c1-24-16-9-2-13(3-10-16)4-11-18(23)25-12-17-21-19(22-26-17)14-5-7-15(20)8-6-14/h2-3,5-10H,4,11-12H2,1H3. The Morgan fingerprint density at radius 3 is 2.54 bits per heavy atom. The van der Waals surface area contributed by atoms with Crippen molar-refractivity contribution in [2.24, 2.45) is 0 Å². The SMILES string of the molecule is COc1ccc(CCC(=O)OCc2nc(-c3ccc(Cl)cc3)no2)cc1. The van der Waals surface area contributed by atoms with Crippen LogP contribution in [0.15, 0.2) is 53.1 Å². The molecule has 1 aromatic heterocycles. The summed E-state index contributed by atoms with van der Waals surface area (Å²) in [6, 6.07) is 14.6. The number of hydrogen-bond donors (Lipinski definition) is 0. The van der Waals surface area contributed by atoms with Crippen LogP contribution >= 0.6 is 11.6 Å². The second-order valence-corrected chi connectivity index (χ2v) is 5.96. The minimum Gasteiger partial charge on any atom is -0.497 e. The normalized spacial score (nSPS) is 10.5. The maximum absolute atomic E-state index is 11.9. The molecule has 3 rings (SSSR count). The zero-order valence-electron chi connectivity index (χ0n) is 14.1. The summed E-state index contributed by atoms with van der Waals surface area (Å²) in [5.74, 6) is 1.12. The number of aromatic nitrogens is 2. The van der Waals surface area contributed by atoms with Crippen LogP contribution in [0.25, 0.3) is 11.4 Å². The predicted molar refractivity (Wildman–Crippen MR) is 95.9 cm³/mol. The Labute approximate surface area is 155 Å². The predicted octanol–water partition coefficient (Wildman–Crippen LogP) is 4.07. The van der Waals surface area contributed by atoms with Crippen LogP contribution in [0.4, 0.5) is 0 Å². The van der Waals surface area contributed by atoms with Gasteiger partial charge in [0.2, 0.25) is 5.82 Å². The average molecular weight is 373 g/mol. The number of methoxy groups -OCH3 is 1. The summed E-state index contributed by atoms with van der Waals surface area (Å²) < 4.78 is 15.4. The molecular weight excluding hydrogens is 356 g/mol. The van der Waals surface area contributed by atoms with Crippen LogP contribution in [0.2, 0.25) is 5.02 Å². The van der Waals surface area contributed by atoms with E-state index in [4.69, 9.17) is 25.6 Å². The third kappa shape index (κ3) is 4.83. The second kappa shape index (κ2) is 8.49. The molecule has 0 atom stereocenters. The van der Waals surface area contributed by atoms with E-state index in [1.807, 2.05) is 24.3 Å². The smallest absolute Gasteiger partial charge is 0.306 e. The molecule has 2 aromatic carbocycles. The largest absolute Gasteiger partial charge is 0.497 e. The zero-order chi connectivity index (χ0) is 18.4. The number of carbonyl (C=O) groups excluding carboxylic acids is 1. The fourth-order valence-corrected chi connectivity index (χ4v) is 2.41. The third-order valence-corrected chi connectivity index (χ3v) is 3.96. The lowest BCUT2D eigenvalue weighted by Crippen LogP contribution is -2.06. The average Bonchev–Trinajstić information content (AvgIpc) is 3.14. The summed E-state index contributed by atoms with van der Waals surface area (Å²) in [5, 5.41) is 4.50. The van der Waals surface area contributed by atoms with E-state index < -0.39 is 0 Å². The van der Waals surface area contributed by atoms with Crippen LogP contribution in [-0.2, 0) is 22.6 Å². The van der Waals surface area contributed by atoms with Gasteiger partial charge in [-0.2, -0.15) is 4.98 Å². The molecule has 0 aliphatic heterocycles. The van der Waals surface area contributed by atoms with Crippen molar-refractivity contribution in [3.63, 3.8) is 0 Å². The van der Waals surface area contributed by atoms with Crippen LogP contribution in [0, 0.1) is 0 Å². The maximum atomic E-state index is 11.9. The van der Waals surface area contributed by atoms with Crippen molar-refractivity contribution in [3.05, 3.63) is 65.0 Å². The fraction of sp³-hybridized carbons (Fsp3) is 0.211. The quantitative estimate of drug-likeness (QED) is 0.582. The highest BCUT2D eigenvalue weighted by atomic mass is 35.5. The molecule has 26 heavy (non-hydrogen) atoms. The van der Waals surface area contributed by atoms with Crippen LogP contribution in [-0.4, -0.2) is 23.2 Å². The highest BCUT2D eigenvalue weighted by Crippen LogP contribution is 2.19. The molecule has 0 amide bonds. The Hall–Kier alpha value is -2.86. The summed E-state index contributed by atoms with van der Waals surface area (Å²) >= 11 is 5.85. The maximum Gasteiger partial charge on any atom is 0.306 e. The topological polar surface area (TPSA) is 74.5 Å².